The number of hydrogen-bond acceptors (Lipinski definition) is 5. The van der Waals surface area contributed by atoms with Gasteiger partial charge in [0.25, 0.3) is 5.91 Å². The van der Waals surface area contributed by atoms with Crippen molar-refractivity contribution in [3.05, 3.63) is 101 Å². The number of alkyl halides is 3. The van der Waals surface area contributed by atoms with Crippen molar-refractivity contribution in [2.24, 2.45) is 0 Å². The van der Waals surface area contributed by atoms with E-state index in [1.807, 2.05) is 35.2 Å². The SMILES string of the molecule is O=C(Nc1cccc(Nc2ccc3c(c2)NC(=O)/C3=C\c2ccc[nH]2)c1)Nc1ccc(CN2CCNCC2)c(C(F)(F)F)c1. The summed E-state index contributed by atoms with van der Waals surface area (Å²) in [5, 5.41) is 14.5. The lowest BCUT2D eigenvalue weighted by Crippen LogP contribution is -2.43. The minimum atomic E-state index is -4.56. The molecule has 0 unspecified atom stereocenters. The molecule has 226 valence electrons. The van der Waals surface area contributed by atoms with Crippen molar-refractivity contribution < 1.29 is 22.8 Å². The fourth-order valence-corrected chi connectivity index (χ4v) is 5.31. The molecule has 0 radical (unpaired) electrons. The summed E-state index contributed by atoms with van der Waals surface area (Å²) in [6.07, 6.45) is -0.978. The molecule has 1 saturated heterocycles. The van der Waals surface area contributed by atoms with Crippen LogP contribution in [-0.2, 0) is 17.5 Å². The number of halogens is 3. The van der Waals surface area contributed by atoms with Gasteiger partial charge in [-0.3, -0.25) is 9.69 Å². The number of nitrogens with one attached hydrogen (secondary N) is 6. The molecule has 0 bridgehead atoms. The summed E-state index contributed by atoms with van der Waals surface area (Å²) in [5.41, 5.74) is 4.09. The van der Waals surface area contributed by atoms with Gasteiger partial charge in [-0.15, -0.1) is 0 Å². The zero-order valence-electron chi connectivity index (χ0n) is 23.5. The zero-order valence-corrected chi connectivity index (χ0v) is 23.5. The third-order valence-corrected chi connectivity index (χ3v) is 7.41. The number of benzene rings is 3. The number of piperazine rings is 1. The minimum absolute atomic E-state index is 0.0399. The summed E-state index contributed by atoms with van der Waals surface area (Å²) in [6, 6.07) is 19.3. The molecule has 12 heteroatoms. The average Bonchev–Trinajstić information content (AvgIpc) is 3.61. The lowest BCUT2D eigenvalue weighted by molar-refractivity contribution is -0.138. The Balaban J connectivity index is 1.11. The van der Waals surface area contributed by atoms with Gasteiger partial charge in [0.05, 0.1) is 16.8 Å². The summed E-state index contributed by atoms with van der Waals surface area (Å²) in [6.45, 7) is 2.99. The number of carbonyl (C=O) groups excluding carboxylic acids is 2. The van der Waals surface area contributed by atoms with Crippen molar-refractivity contribution in [3.8, 4) is 0 Å². The number of carbonyl (C=O) groups is 2. The summed E-state index contributed by atoms with van der Waals surface area (Å²) in [7, 11) is 0. The van der Waals surface area contributed by atoms with Crippen LogP contribution in [0.15, 0.2) is 79.0 Å². The number of amides is 3. The first-order valence-electron chi connectivity index (χ1n) is 14.1. The molecular weight excluding hydrogens is 571 g/mol. The third kappa shape index (κ3) is 6.77. The molecule has 0 saturated carbocycles. The third-order valence-electron chi connectivity index (χ3n) is 7.41. The number of H-pyrrole nitrogens is 1. The first-order valence-corrected chi connectivity index (χ1v) is 14.1. The van der Waals surface area contributed by atoms with Gasteiger partial charge in [0.1, 0.15) is 0 Å². The Morgan fingerprint density at radius 3 is 2.36 bits per heavy atom. The van der Waals surface area contributed by atoms with E-state index in [1.54, 1.807) is 36.5 Å². The summed E-state index contributed by atoms with van der Waals surface area (Å²) >= 11 is 0. The number of hydrogen-bond donors (Lipinski definition) is 6. The largest absolute Gasteiger partial charge is 0.416 e. The normalized spacial score (nSPS) is 16.0. The Bertz CT molecular complexity index is 1710. The highest BCUT2D eigenvalue weighted by Crippen LogP contribution is 2.36. The molecule has 2 aliphatic rings. The van der Waals surface area contributed by atoms with Crippen LogP contribution >= 0.6 is 0 Å². The zero-order chi connectivity index (χ0) is 30.7. The quantitative estimate of drug-likeness (QED) is 0.139. The van der Waals surface area contributed by atoms with E-state index >= 15 is 0 Å². The van der Waals surface area contributed by atoms with Crippen LogP contribution in [0, 0.1) is 0 Å². The highest BCUT2D eigenvalue weighted by atomic mass is 19.4. The number of rotatable bonds is 7. The second kappa shape index (κ2) is 12.3. The predicted molar refractivity (Wildman–Crippen MR) is 166 cm³/mol. The molecule has 0 aliphatic carbocycles. The van der Waals surface area contributed by atoms with Gasteiger partial charge >= 0.3 is 12.2 Å². The monoisotopic (exact) mass is 601 g/mol. The maximum atomic E-state index is 13.9. The van der Waals surface area contributed by atoms with Crippen LogP contribution in [-0.4, -0.2) is 48.0 Å². The van der Waals surface area contributed by atoms with Gasteiger partial charge in [0.2, 0.25) is 0 Å². The van der Waals surface area contributed by atoms with E-state index in [0.29, 0.717) is 41.4 Å². The number of nitrogens with zero attached hydrogens (tertiary/aromatic N) is 1. The molecule has 2 aliphatic heterocycles. The fraction of sp³-hybridized carbons (Fsp3) is 0.188. The molecule has 6 N–H and O–H groups in total. The molecule has 9 nitrogen and oxygen atoms in total. The Hall–Kier alpha value is -5.07. The standard InChI is InChI=1S/C32H30F3N7O2/c33-32(34,35)28-17-24(7-6-20(28)19-42-13-11-36-12-14-42)40-31(44)39-23-4-1-3-22(15-23)38-25-8-9-26-27(16-21-5-2-10-37-21)30(43)41-29(26)18-25/h1-10,15-18,36-38H,11-14,19H2,(H,41,43)(H2,39,40,44)/b27-16-. The van der Waals surface area contributed by atoms with Gasteiger partial charge < -0.3 is 31.6 Å². The van der Waals surface area contributed by atoms with Crippen LogP contribution < -0.4 is 26.6 Å². The van der Waals surface area contributed by atoms with Gasteiger partial charge in [-0.2, -0.15) is 13.2 Å². The first kappa shape index (κ1) is 29.0. The van der Waals surface area contributed by atoms with E-state index in [2.05, 4.69) is 31.6 Å². The maximum absolute atomic E-state index is 13.9. The topological polar surface area (TPSA) is 113 Å². The summed E-state index contributed by atoms with van der Waals surface area (Å²) in [5.74, 6) is -0.194. The number of urea groups is 1. The minimum Gasteiger partial charge on any atom is -0.362 e. The van der Waals surface area contributed by atoms with Crippen LogP contribution in [0.2, 0.25) is 0 Å². The molecule has 0 spiro atoms. The summed E-state index contributed by atoms with van der Waals surface area (Å²) in [4.78, 5) is 30.3. The van der Waals surface area contributed by atoms with E-state index < -0.39 is 17.8 Å². The maximum Gasteiger partial charge on any atom is 0.416 e. The molecule has 44 heavy (non-hydrogen) atoms. The number of aromatic nitrogens is 1. The van der Waals surface area contributed by atoms with Gasteiger partial charge in [0.15, 0.2) is 0 Å². The second-order valence-corrected chi connectivity index (χ2v) is 10.6. The highest BCUT2D eigenvalue weighted by Gasteiger charge is 2.34. The molecule has 1 fully saturated rings. The molecular formula is C32H30F3N7O2. The molecule has 6 rings (SSSR count). The van der Waals surface area contributed by atoms with Crippen molar-refractivity contribution >= 4 is 52.0 Å². The fourth-order valence-electron chi connectivity index (χ4n) is 5.31. The van der Waals surface area contributed by atoms with Crippen LogP contribution in [0.5, 0.6) is 0 Å². The summed E-state index contributed by atoms with van der Waals surface area (Å²) < 4.78 is 41.7. The van der Waals surface area contributed by atoms with Crippen LogP contribution in [0.3, 0.4) is 0 Å². The number of aromatic amines is 1. The van der Waals surface area contributed by atoms with Gasteiger partial charge in [0, 0.05) is 72.9 Å². The Labute approximate surface area is 251 Å². The van der Waals surface area contributed by atoms with E-state index in [4.69, 9.17) is 0 Å². The van der Waals surface area contributed by atoms with E-state index in [-0.39, 0.29) is 23.7 Å². The van der Waals surface area contributed by atoms with Crippen molar-refractivity contribution in [1.29, 1.82) is 0 Å². The highest BCUT2D eigenvalue weighted by molar-refractivity contribution is 6.35. The van der Waals surface area contributed by atoms with Crippen molar-refractivity contribution in [1.82, 2.24) is 15.2 Å². The van der Waals surface area contributed by atoms with Crippen LogP contribution in [0.25, 0.3) is 11.6 Å². The van der Waals surface area contributed by atoms with Gasteiger partial charge in [-0.05, 0) is 66.2 Å². The molecule has 3 amide bonds. The lowest BCUT2D eigenvalue weighted by atomic mass is 10.0. The van der Waals surface area contributed by atoms with Gasteiger partial charge in [-0.1, -0.05) is 18.2 Å². The lowest BCUT2D eigenvalue weighted by Gasteiger charge is -2.28. The van der Waals surface area contributed by atoms with Crippen molar-refractivity contribution in [2.45, 2.75) is 12.7 Å². The van der Waals surface area contributed by atoms with Crippen LogP contribution in [0.1, 0.15) is 22.4 Å². The molecule has 1 aromatic heterocycles. The Kier molecular flexibility index (Phi) is 8.09. The molecule has 3 heterocycles. The van der Waals surface area contributed by atoms with Crippen molar-refractivity contribution in [3.63, 3.8) is 0 Å². The van der Waals surface area contributed by atoms with Crippen molar-refractivity contribution in [2.75, 3.05) is 47.4 Å². The Morgan fingerprint density at radius 1 is 0.886 bits per heavy atom. The Morgan fingerprint density at radius 2 is 1.61 bits per heavy atom. The molecule has 4 aromatic rings. The second-order valence-electron chi connectivity index (χ2n) is 10.6. The molecule has 3 aromatic carbocycles. The predicted octanol–water partition coefficient (Wildman–Crippen LogP) is 6.32. The van der Waals surface area contributed by atoms with E-state index in [0.717, 1.165) is 30.4 Å². The number of anilines is 5. The van der Waals surface area contributed by atoms with E-state index in [9.17, 15) is 22.8 Å². The van der Waals surface area contributed by atoms with Crippen LogP contribution in [0.4, 0.5) is 46.4 Å². The molecule has 0 atom stereocenters. The van der Waals surface area contributed by atoms with E-state index in [1.165, 1.54) is 12.1 Å². The number of fused-ring (bicyclic) bond motifs is 1. The average molecular weight is 602 g/mol. The van der Waals surface area contributed by atoms with Gasteiger partial charge in [-0.25, -0.2) is 4.79 Å². The first-order chi connectivity index (χ1) is 21.2. The smallest absolute Gasteiger partial charge is 0.362 e.